The summed E-state index contributed by atoms with van der Waals surface area (Å²) in [5.74, 6) is 0.0955. The standard InChI is InChI=1S/C16H26N2O/c1-12(17-11-15(19)18(5)6)13-7-9-14(10-8-13)16(2,3)4/h7-10,12,17H,11H2,1-6H3. The van der Waals surface area contributed by atoms with Gasteiger partial charge in [-0.05, 0) is 23.5 Å². The lowest BCUT2D eigenvalue weighted by atomic mass is 9.86. The van der Waals surface area contributed by atoms with Gasteiger partial charge in [0.1, 0.15) is 0 Å². The summed E-state index contributed by atoms with van der Waals surface area (Å²) in [5.41, 5.74) is 2.71. The molecule has 1 atom stereocenters. The number of nitrogens with one attached hydrogen (secondary N) is 1. The van der Waals surface area contributed by atoms with Gasteiger partial charge in [0.05, 0.1) is 6.54 Å². The molecular formula is C16H26N2O. The van der Waals surface area contributed by atoms with Crippen molar-refractivity contribution in [3.63, 3.8) is 0 Å². The highest BCUT2D eigenvalue weighted by Crippen LogP contribution is 2.23. The second kappa shape index (κ2) is 6.20. The molecule has 0 radical (unpaired) electrons. The van der Waals surface area contributed by atoms with Crippen LogP contribution in [-0.4, -0.2) is 31.4 Å². The van der Waals surface area contributed by atoms with E-state index in [9.17, 15) is 4.79 Å². The van der Waals surface area contributed by atoms with Crippen LogP contribution >= 0.6 is 0 Å². The molecule has 0 aliphatic heterocycles. The fourth-order valence-corrected chi connectivity index (χ4v) is 1.79. The molecule has 0 aliphatic carbocycles. The Labute approximate surface area is 117 Å². The minimum Gasteiger partial charge on any atom is -0.348 e. The van der Waals surface area contributed by atoms with Gasteiger partial charge in [0.2, 0.25) is 5.91 Å². The highest BCUT2D eigenvalue weighted by molar-refractivity contribution is 5.77. The number of carbonyl (C=O) groups excluding carboxylic acids is 1. The second-order valence-electron chi connectivity index (χ2n) is 6.26. The normalized spacial score (nSPS) is 13.2. The number of benzene rings is 1. The predicted molar refractivity (Wildman–Crippen MR) is 80.3 cm³/mol. The Kier molecular flexibility index (Phi) is 5.12. The van der Waals surface area contributed by atoms with E-state index in [2.05, 4.69) is 57.3 Å². The highest BCUT2D eigenvalue weighted by Gasteiger charge is 2.14. The molecule has 0 aliphatic rings. The molecule has 1 aromatic rings. The first-order chi connectivity index (χ1) is 8.71. The van der Waals surface area contributed by atoms with Crippen molar-refractivity contribution in [2.24, 2.45) is 0 Å². The van der Waals surface area contributed by atoms with E-state index < -0.39 is 0 Å². The molecule has 0 saturated heterocycles. The van der Waals surface area contributed by atoms with Crippen LogP contribution in [0.5, 0.6) is 0 Å². The minimum absolute atomic E-state index is 0.0955. The number of rotatable bonds is 4. The highest BCUT2D eigenvalue weighted by atomic mass is 16.2. The zero-order chi connectivity index (χ0) is 14.6. The van der Waals surface area contributed by atoms with E-state index in [-0.39, 0.29) is 17.4 Å². The molecule has 1 rings (SSSR count). The molecule has 0 bridgehead atoms. The Bertz CT molecular complexity index is 415. The molecule has 3 nitrogen and oxygen atoms in total. The Hall–Kier alpha value is -1.35. The van der Waals surface area contributed by atoms with Gasteiger partial charge in [-0.3, -0.25) is 4.79 Å². The summed E-state index contributed by atoms with van der Waals surface area (Å²) < 4.78 is 0. The minimum atomic E-state index is 0.0955. The Balaban J connectivity index is 2.63. The number of hydrogen-bond donors (Lipinski definition) is 1. The SMILES string of the molecule is CC(NCC(=O)N(C)C)c1ccc(C(C)(C)C)cc1. The van der Waals surface area contributed by atoms with Crippen molar-refractivity contribution in [1.82, 2.24) is 10.2 Å². The fourth-order valence-electron chi connectivity index (χ4n) is 1.79. The van der Waals surface area contributed by atoms with Crippen LogP contribution in [0.1, 0.15) is 44.9 Å². The third-order valence-electron chi connectivity index (χ3n) is 3.33. The van der Waals surface area contributed by atoms with Gasteiger partial charge in [0.15, 0.2) is 0 Å². The average Bonchev–Trinajstić information content (AvgIpc) is 2.34. The van der Waals surface area contributed by atoms with Crippen molar-refractivity contribution in [2.45, 2.75) is 39.2 Å². The summed E-state index contributed by atoms with van der Waals surface area (Å²) in [6, 6.07) is 8.79. The second-order valence-corrected chi connectivity index (χ2v) is 6.26. The van der Waals surface area contributed by atoms with Gasteiger partial charge in [0, 0.05) is 20.1 Å². The molecule has 1 amide bonds. The van der Waals surface area contributed by atoms with E-state index in [1.165, 1.54) is 11.1 Å². The summed E-state index contributed by atoms with van der Waals surface area (Å²) in [6.07, 6.45) is 0. The molecule has 0 aromatic heterocycles. The molecule has 0 spiro atoms. The molecule has 19 heavy (non-hydrogen) atoms. The number of likely N-dealkylation sites (N-methyl/N-ethyl adjacent to an activating group) is 1. The summed E-state index contributed by atoms with van der Waals surface area (Å²) in [5, 5.41) is 3.25. The Morgan fingerprint density at radius 3 is 2.16 bits per heavy atom. The van der Waals surface area contributed by atoms with Gasteiger partial charge in [-0.1, -0.05) is 45.0 Å². The predicted octanol–water partition coefficient (Wildman–Crippen LogP) is 2.72. The first-order valence-corrected chi connectivity index (χ1v) is 6.76. The van der Waals surface area contributed by atoms with Crippen LogP contribution in [0.3, 0.4) is 0 Å². The molecule has 0 saturated carbocycles. The van der Waals surface area contributed by atoms with E-state index in [0.29, 0.717) is 6.54 Å². The first-order valence-electron chi connectivity index (χ1n) is 6.76. The van der Waals surface area contributed by atoms with Crippen molar-refractivity contribution in [2.75, 3.05) is 20.6 Å². The van der Waals surface area contributed by atoms with Crippen LogP contribution in [0.15, 0.2) is 24.3 Å². The van der Waals surface area contributed by atoms with Crippen LogP contribution in [0, 0.1) is 0 Å². The van der Waals surface area contributed by atoms with E-state index in [4.69, 9.17) is 0 Å². The molecule has 3 heteroatoms. The number of hydrogen-bond acceptors (Lipinski definition) is 2. The van der Waals surface area contributed by atoms with Gasteiger partial charge in [0.25, 0.3) is 0 Å². The maximum Gasteiger partial charge on any atom is 0.236 e. The molecule has 1 aromatic carbocycles. The number of nitrogens with zero attached hydrogens (tertiary/aromatic N) is 1. The van der Waals surface area contributed by atoms with Crippen molar-refractivity contribution in [1.29, 1.82) is 0 Å². The van der Waals surface area contributed by atoms with Crippen LogP contribution in [-0.2, 0) is 10.2 Å². The largest absolute Gasteiger partial charge is 0.348 e. The van der Waals surface area contributed by atoms with Gasteiger partial charge in [-0.2, -0.15) is 0 Å². The fraction of sp³-hybridized carbons (Fsp3) is 0.562. The lowest BCUT2D eigenvalue weighted by Gasteiger charge is -2.21. The zero-order valence-electron chi connectivity index (χ0n) is 12.9. The lowest BCUT2D eigenvalue weighted by Crippen LogP contribution is -2.34. The smallest absolute Gasteiger partial charge is 0.236 e. The summed E-state index contributed by atoms with van der Waals surface area (Å²) in [7, 11) is 3.54. The van der Waals surface area contributed by atoms with Crippen molar-refractivity contribution >= 4 is 5.91 Å². The summed E-state index contributed by atoms with van der Waals surface area (Å²) in [6.45, 7) is 9.07. The van der Waals surface area contributed by atoms with E-state index in [1.54, 1.807) is 19.0 Å². The summed E-state index contributed by atoms with van der Waals surface area (Å²) >= 11 is 0. The van der Waals surface area contributed by atoms with Crippen LogP contribution in [0.4, 0.5) is 0 Å². The maximum atomic E-state index is 11.5. The van der Waals surface area contributed by atoms with E-state index in [1.807, 2.05) is 0 Å². The quantitative estimate of drug-likeness (QED) is 0.905. The van der Waals surface area contributed by atoms with Crippen LogP contribution < -0.4 is 5.32 Å². The van der Waals surface area contributed by atoms with E-state index >= 15 is 0 Å². The van der Waals surface area contributed by atoms with Gasteiger partial charge in [-0.25, -0.2) is 0 Å². The van der Waals surface area contributed by atoms with Gasteiger partial charge < -0.3 is 10.2 Å². The third-order valence-corrected chi connectivity index (χ3v) is 3.33. The van der Waals surface area contributed by atoms with Crippen molar-refractivity contribution in [3.8, 4) is 0 Å². The van der Waals surface area contributed by atoms with E-state index in [0.717, 1.165) is 0 Å². The molecule has 1 unspecified atom stereocenters. The van der Waals surface area contributed by atoms with Crippen LogP contribution in [0.25, 0.3) is 0 Å². The average molecular weight is 262 g/mol. The number of carbonyl (C=O) groups is 1. The zero-order valence-corrected chi connectivity index (χ0v) is 12.9. The Morgan fingerprint density at radius 1 is 1.21 bits per heavy atom. The maximum absolute atomic E-state index is 11.5. The van der Waals surface area contributed by atoms with Crippen molar-refractivity contribution < 1.29 is 4.79 Å². The molecule has 0 heterocycles. The molecule has 1 N–H and O–H groups in total. The molecule has 0 fully saturated rings. The monoisotopic (exact) mass is 262 g/mol. The van der Waals surface area contributed by atoms with Crippen molar-refractivity contribution in [3.05, 3.63) is 35.4 Å². The topological polar surface area (TPSA) is 32.3 Å². The third kappa shape index (κ3) is 4.67. The Morgan fingerprint density at radius 2 is 1.74 bits per heavy atom. The number of amides is 1. The first kappa shape index (κ1) is 15.7. The van der Waals surface area contributed by atoms with Gasteiger partial charge >= 0.3 is 0 Å². The lowest BCUT2D eigenvalue weighted by molar-refractivity contribution is -0.127. The molecule has 106 valence electrons. The van der Waals surface area contributed by atoms with Crippen LogP contribution in [0.2, 0.25) is 0 Å². The molecular weight excluding hydrogens is 236 g/mol. The summed E-state index contributed by atoms with van der Waals surface area (Å²) in [4.78, 5) is 13.1. The van der Waals surface area contributed by atoms with Gasteiger partial charge in [-0.15, -0.1) is 0 Å².